The molecule has 164 valence electrons. The predicted molar refractivity (Wildman–Crippen MR) is 120 cm³/mol. The molecular weight excluding hydrogens is 380 g/mol. The zero-order valence-corrected chi connectivity index (χ0v) is 18.7. The highest BCUT2D eigenvalue weighted by Gasteiger charge is 2.19. The molecular formula is C24H34N2O4. The van der Waals surface area contributed by atoms with Crippen LogP contribution in [0.5, 0.6) is 17.2 Å². The summed E-state index contributed by atoms with van der Waals surface area (Å²) in [6, 6.07) is 13.8. The predicted octanol–water partition coefficient (Wildman–Crippen LogP) is 3.84. The van der Waals surface area contributed by atoms with Gasteiger partial charge in [0.25, 0.3) is 0 Å². The molecule has 1 amide bonds. The van der Waals surface area contributed by atoms with E-state index >= 15 is 0 Å². The minimum Gasteiger partial charge on any atom is -0.497 e. The van der Waals surface area contributed by atoms with Crippen LogP contribution in [0.2, 0.25) is 0 Å². The highest BCUT2D eigenvalue weighted by atomic mass is 16.5. The molecule has 0 heterocycles. The SMILES string of the molecule is CCN(CC)C(CNC(=O)CCc1cc(OC)ccc1OC)c1cccc(OC)c1. The number of carbonyl (C=O) groups is 1. The summed E-state index contributed by atoms with van der Waals surface area (Å²) < 4.78 is 16.1. The van der Waals surface area contributed by atoms with Gasteiger partial charge in [-0.2, -0.15) is 0 Å². The molecule has 0 saturated carbocycles. The third kappa shape index (κ3) is 6.39. The molecule has 2 aromatic carbocycles. The van der Waals surface area contributed by atoms with Crippen molar-refractivity contribution < 1.29 is 19.0 Å². The van der Waals surface area contributed by atoms with Crippen LogP contribution in [0, 0.1) is 0 Å². The van der Waals surface area contributed by atoms with Gasteiger partial charge >= 0.3 is 0 Å². The van der Waals surface area contributed by atoms with Gasteiger partial charge in [-0.25, -0.2) is 0 Å². The van der Waals surface area contributed by atoms with Crippen LogP contribution < -0.4 is 19.5 Å². The number of carbonyl (C=O) groups excluding carboxylic acids is 1. The van der Waals surface area contributed by atoms with Crippen LogP contribution >= 0.6 is 0 Å². The van der Waals surface area contributed by atoms with E-state index in [0.717, 1.165) is 41.5 Å². The number of ether oxygens (including phenoxy) is 3. The normalized spacial score (nSPS) is 11.8. The summed E-state index contributed by atoms with van der Waals surface area (Å²) in [4.78, 5) is 14.9. The standard InChI is InChI=1S/C24H34N2O4/c1-6-26(7-2)22(18-9-8-10-20(15-18)28-3)17-25-24(27)14-11-19-16-21(29-4)12-13-23(19)30-5/h8-10,12-13,15-16,22H,6-7,11,14,17H2,1-5H3,(H,25,27). The van der Waals surface area contributed by atoms with E-state index in [4.69, 9.17) is 14.2 Å². The lowest BCUT2D eigenvalue weighted by Crippen LogP contribution is -2.38. The van der Waals surface area contributed by atoms with Crippen LogP contribution in [0.25, 0.3) is 0 Å². The first-order valence-corrected chi connectivity index (χ1v) is 10.4. The average molecular weight is 415 g/mol. The summed E-state index contributed by atoms with van der Waals surface area (Å²) >= 11 is 0. The fourth-order valence-corrected chi connectivity index (χ4v) is 3.60. The van der Waals surface area contributed by atoms with Crippen LogP contribution in [0.4, 0.5) is 0 Å². The van der Waals surface area contributed by atoms with Gasteiger partial charge in [-0.1, -0.05) is 26.0 Å². The van der Waals surface area contributed by atoms with Crippen molar-refractivity contribution in [1.82, 2.24) is 10.2 Å². The lowest BCUT2D eigenvalue weighted by atomic mass is 10.0. The molecule has 0 radical (unpaired) electrons. The van der Waals surface area contributed by atoms with Crippen LogP contribution in [0.1, 0.15) is 37.4 Å². The summed E-state index contributed by atoms with van der Waals surface area (Å²) in [6.07, 6.45) is 0.966. The molecule has 1 unspecified atom stereocenters. The number of methoxy groups -OCH3 is 3. The molecule has 1 N–H and O–H groups in total. The van der Waals surface area contributed by atoms with E-state index in [-0.39, 0.29) is 11.9 Å². The van der Waals surface area contributed by atoms with E-state index in [1.807, 2.05) is 36.4 Å². The Morgan fingerprint density at radius 1 is 0.967 bits per heavy atom. The summed E-state index contributed by atoms with van der Waals surface area (Å²) in [7, 11) is 4.93. The Hall–Kier alpha value is -2.73. The molecule has 0 fully saturated rings. The molecule has 0 spiro atoms. The van der Waals surface area contributed by atoms with Crippen LogP contribution in [-0.2, 0) is 11.2 Å². The largest absolute Gasteiger partial charge is 0.497 e. The van der Waals surface area contributed by atoms with Gasteiger partial charge in [0.05, 0.1) is 27.4 Å². The molecule has 0 saturated heterocycles. The van der Waals surface area contributed by atoms with Gasteiger partial charge < -0.3 is 19.5 Å². The summed E-state index contributed by atoms with van der Waals surface area (Å²) in [5.74, 6) is 2.35. The molecule has 0 bridgehead atoms. The average Bonchev–Trinajstić information content (AvgIpc) is 2.80. The number of rotatable bonds is 12. The molecule has 0 aliphatic rings. The second kappa shape index (κ2) is 12.1. The van der Waals surface area contributed by atoms with Crippen molar-refractivity contribution >= 4 is 5.91 Å². The molecule has 6 nitrogen and oxygen atoms in total. The van der Waals surface area contributed by atoms with E-state index in [1.165, 1.54) is 0 Å². The maximum absolute atomic E-state index is 12.6. The Morgan fingerprint density at radius 2 is 1.67 bits per heavy atom. The van der Waals surface area contributed by atoms with Crippen molar-refractivity contribution in [2.75, 3.05) is 41.0 Å². The number of nitrogens with zero attached hydrogens (tertiary/aromatic N) is 1. The second-order valence-corrected chi connectivity index (χ2v) is 7.00. The Bertz CT molecular complexity index is 806. The van der Waals surface area contributed by atoms with Crippen molar-refractivity contribution in [1.29, 1.82) is 0 Å². The van der Waals surface area contributed by atoms with Crippen LogP contribution in [0.15, 0.2) is 42.5 Å². The zero-order chi connectivity index (χ0) is 21.9. The number of hydrogen-bond donors (Lipinski definition) is 1. The quantitative estimate of drug-likeness (QED) is 0.572. The molecule has 0 aliphatic heterocycles. The Kier molecular flexibility index (Phi) is 9.48. The molecule has 30 heavy (non-hydrogen) atoms. The highest BCUT2D eigenvalue weighted by molar-refractivity contribution is 5.76. The van der Waals surface area contributed by atoms with Crippen molar-refractivity contribution in [2.45, 2.75) is 32.7 Å². The van der Waals surface area contributed by atoms with E-state index in [0.29, 0.717) is 19.4 Å². The van der Waals surface area contributed by atoms with E-state index in [2.05, 4.69) is 30.1 Å². The van der Waals surface area contributed by atoms with Crippen molar-refractivity contribution in [3.63, 3.8) is 0 Å². The van der Waals surface area contributed by atoms with Gasteiger partial charge in [-0.05, 0) is 61.0 Å². The fraction of sp³-hybridized carbons (Fsp3) is 0.458. The molecule has 0 aliphatic carbocycles. The van der Waals surface area contributed by atoms with Gasteiger partial charge in [-0.15, -0.1) is 0 Å². The van der Waals surface area contributed by atoms with E-state index in [9.17, 15) is 4.79 Å². The lowest BCUT2D eigenvalue weighted by molar-refractivity contribution is -0.121. The van der Waals surface area contributed by atoms with Crippen molar-refractivity contribution in [3.8, 4) is 17.2 Å². The Morgan fingerprint density at radius 3 is 2.30 bits per heavy atom. The summed E-state index contributed by atoms with van der Waals surface area (Å²) in [5.41, 5.74) is 2.09. The molecule has 2 rings (SSSR count). The summed E-state index contributed by atoms with van der Waals surface area (Å²) in [5, 5.41) is 3.11. The Labute approximate surface area is 180 Å². The van der Waals surface area contributed by atoms with Crippen molar-refractivity contribution in [3.05, 3.63) is 53.6 Å². The lowest BCUT2D eigenvalue weighted by Gasteiger charge is -2.30. The minimum atomic E-state index is 0.0138. The first kappa shape index (κ1) is 23.5. The number of amides is 1. The second-order valence-electron chi connectivity index (χ2n) is 7.00. The van der Waals surface area contributed by atoms with Crippen molar-refractivity contribution in [2.24, 2.45) is 0 Å². The minimum absolute atomic E-state index is 0.0138. The smallest absolute Gasteiger partial charge is 0.220 e. The first-order chi connectivity index (χ1) is 14.6. The van der Waals surface area contributed by atoms with Gasteiger partial charge in [0, 0.05) is 13.0 Å². The van der Waals surface area contributed by atoms with Crippen LogP contribution in [0.3, 0.4) is 0 Å². The molecule has 2 aromatic rings. The van der Waals surface area contributed by atoms with E-state index < -0.39 is 0 Å². The maximum atomic E-state index is 12.6. The number of benzene rings is 2. The third-order valence-electron chi connectivity index (χ3n) is 5.33. The maximum Gasteiger partial charge on any atom is 0.220 e. The van der Waals surface area contributed by atoms with E-state index in [1.54, 1.807) is 21.3 Å². The van der Waals surface area contributed by atoms with Crippen LogP contribution in [-0.4, -0.2) is 51.8 Å². The van der Waals surface area contributed by atoms with Gasteiger partial charge in [-0.3, -0.25) is 9.69 Å². The molecule has 1 atom stereocenters. The highest BCUT2D eigenvalue weighted by Crippen LogP contribution is 2.26. The number of likely N-dealkylation sites (N-methyl/N-ethyl adjacent to an activating group) is 1. The molecule has 6 heteroatoms. The topological polar surface area (TPSA) is 60.0 Å². The monoisotopic (exact) mass is 414 g/mol. The fourth-order valence-electron chi connectivity index (χ4n) is 3.60. The summed E-state index contributed by atoms with van der Waals surface area (Å²) in [6.45, 7) is 6.61. The first-order valence-electron chi connectivity index (χ1n) is 10.4. The molecule has 0 aromatic heterocycles. The number of hydrogen-bond acceptors (Lipinski definition) is 5. The number of aryl methyl sites for hydroxylation is 1. The van der Waals surface area contributed by atoms with Gasteiger partial charge in [0.15, 0.2) is 0 Å². The Balaban J connectivity index is 2.03. The zero-order valence-electron chi connectivity index (χ0n) is 18.7. The third-order valence-corrected chi connectivity index (χ3v) is 5.33. The van der Waals surface area contributed by atoms with Gasteiger partial charge in [0.2, 0.25) is 5.91 Å². The van der Waals surface area contributed by atoms with Gasteiger partial charge in [0.1, 0.15) is 17.2 Å². The number of nitrogens with one attached hydrogen (secondary N) is 1.